The van der Waals surface area contributed by atoms with Gasteiger partial charge in [0.25, 0.3) is 0 Å². The Morgan fingerprint density at radius 1 is 0.864 bits per heavy atom. The van der Waals surface area contributed by atoms with Crippen LogP contribution in [0.25, 0.3) is 0 Å². The van der Waals surface area contributed by atoms with Gasteiger partial charge in [-0.25, -0.2) is 0 Å². The SMILES string of the molecule is O=C(CN1CCCC(NC(=O)C2CCC2)C1)NC1CCCC1. The second-order valence-electron chi connectivity index (χ2n) is 7.26. The highest BCUT2D eigenvalue weighted by molar-refractivity contribution is 5.80. The average Bonchev–Trinajstić information content (AvgIpc) is 2.89. The molecule has 0 aromatic carbocycles. The van der Waals surface area contributed by atoms with E-state index < -0.39 is 0 Å². The lowest BCUT2D eigenvalue weighted by Gasteiger charge is -2.34. The molecule has 3 fully saturated rings. The Kier molecular flexibility index (Phi) is 5.34. The van der Waals surface area contributed by atoms with Crippen LogP contribution in [0.2, 0.25) is 0 Å². The van der Waals surface area contributed by atoms with Crippen LogP contribution < -0.4 is 10.6 Å². The predicted octanol–water partition coefficient (Wildman–Crippen LogP) is 1.43. The number of likely N-dealkylation sites (tertiary alicyclic amines) is 1. The fourth-order valence-electron chi connectivity index (χ4n) is 3.85. The first kappa shape index (κ1) is 15.8. The molecule has 2 saturated carbocycles. The third-order valence-corrected chi connectivity index (χ3v) is 5.42. The molecule has 2 amide bonds. The first-order valence-electron chi connectivity index (χ1n) is 9.03. The van der Waals surface area contributed by atoms with Crippen molar-refractivity contribution in [3.05, 3.63) is 0 Å². The largest absolute Gasteiger partial charge is 0.352 e. The maximum Gasteiger partial charge on any atom is 0.234 e. The summed E-state index contributed by atoms with van der Waals surface area (Å²) in [6.07, 6.45) is 10.1. The van der Waals surface area contributed by atoms with Crippen LogP contribution in [0.1, 0.15) is 57.8 Å². The van der Waals surface area contributed by atoms with E-state index in [0.717, 1.165) is 51.6 Å². The van der Waals surface area contributed by atoms with E-state index in [4.69, 9.17) is 0 Å². The van der Waals surface area contributed by atoms with Crippen molar-refractivity contribution < 1.29 is 9.59 Å². The Labute approximate surface area is 133 Å². The van der Waals surface area contributed by atoms with Crippen LogP contribution in [0, 0.1) is 5.92 Å². The lowest BCUT2D eigenvalue weighted by molar-refractivity contribution is -0.128. The van der Waals surface area contributed by atoms with Crippen molar-refractivity contribution in [1.29, 1.82) is 0 Å². The number of piperidine rings is 1. The third-order valence-electron chi connectivity index (χ3n) is 5.42. The molecule has 124 valence electrons. The zero-order valence-corrected chi connectivity index (χ0v) is 13.5. The molecule has 1 heterocycles. The highest BCUT2D eigenvalue weighted by Crippen LogP contribution is 2.26. The number of hydrogen-bond donors (Lipinski definition) is 2. The van der Waals surface area contributed by atoms with E-state index in [2.05, 4.69) is 15.5 Å². The Morgan fingerprint density at radius 2 is 1.59 bits per heavy atom. The molecule has 0 aromatic rings. The van der Waals surface area contributed by atoms with Gasteiger partial charge in [0, 0.05) is 24.5 Å². The van der Waals surface area contributed by atoms with Gasteiger partial charge in [-0.3, -0.25) is 14.5 Å². The summed E-state index contributed by atoms with van der Waals surface area (Å²) in [6.45, 7) is 2.26. The fourth-order valence-corrected chi connectivity index (χ4v) is 3.85. The zero-order chi connectivity index (χ0) is 15.4. The Balaban J connectivity index is 1.39. The maximum atomic E-state index is 12.1. The van der Waals surface area contributed by atoms with Crippen molar-refractivity contribution in [3.63, 3.8) is 0 Å². The van der Waals surface area contributed by atoms with E-state index >= 15 is 0 Å². The molecule has 0 radical (unpaired) electrons. The molecular formula is C17H29N3O2. The van der Waals surface area contributed by atoms with Crippen molar-refractivity contribution in [2.45, 2.75) is 69.9 Å². The van der Waals surface area contributed by atoms with Gasteiger partial charge >= 0.3 is 0 Å². The average molecular weight is 307 g/mol. The third kappa shape index (κ3) is 4.22. The van der Waals surface area contributed by atoms with Gasteiger partial charge in [-0.2, -0.15) is 0 Å². The molecule has 2 N–H and O–H groups in total. The van der Waals surface area contributed by atoms with E-state index in [1.807, 2.05) is 0 Å². The summed E-state index contributed by atoms with van der Waals surface area (Å²) >= 11 is 0. The molecule has 22 heavy (non-hydrogen) atoms. The van der Waals surface area contributed by atoms with Crippen LogP contribution >= 0.6 is 0 Å². The summed E-state index contributed by atoms with van der Waals surface area (Å²) in [5.74, 6) is 0.632. The number of rotatable bonds is 5. The van der Waals surface area contributed by atoms with E-state index in [9.17, 15) is 9.59 Å². The molecule has 1 unspecified atom stereocenters. The smallest absolute Gasteiger partial charge is 0.234 e. The molecule has 1 atom stereocenters. The summed E-state index contributed by atoms with van der Waals surface area (Å²) < 4.78 is 0. The van der Waals surface area contributed by atoms with Crippen molar-refractivity contribution >= 4 is 11.8 Å². The number of carbonyl (C=O) groups excluding carboxylic acids is 2. The van der Waals surface area contributed by atoms with Gasteiger partial charge in [0.1, 0.15) is 0 Å². The van der Waals surface area contributed by atoms with Gasteiger partial charge < -0.3 is 10.6 Å². The summed E-state index contributed by atoms with van der Waals surface area (Å²) in [4.78, 5) is 26.4. The van der Waals surface area contributed by atoms with Crippen molar-refractivity contribution in [2.24, 2.45) is 5.92 Å². The quantitative estimate of drug-likeness (QED) is 0.807. The summed E-state index contributed by atoms with van der Waals surface area (Å²) in [6, 6.07) is 0.618. The highest BCUT2D eigenvalue weighted by atomic mass is 16.2. The number of hydrogen-bond acceptors (Lipinski definition) is 3. The molecule has 5 nitrogen and oxygen atoms in total. The number of nitrogens with one attached hydrogen (secondary N) is 2. The number of amides is 2. The monoisotopic (exact) mass is 307 g/mol. The minimum atomic E-state index is 0.151. The molecule has 3 aliphatic rings. The Morgan fingerprint density at radius 3 is 2.27 bits per heavy atom. The van der Waals surface area contributed by atoms with Crippen LogP contribution in [0.3, 0.4) is 0 Å². The van der Waals surface area contributed by atoms with Gasteiger partial charge in [-0.05, 0) is 45.1 Å². The maximum absolute atomic E-state index is 12.1. The minimum absolute atomic E-state index is 0.151. The first-order chi connectivity index (χ1) is 10.7. The van der Waals surface area contributed by atoms with Crippen LogP contribution in [0.15, 0.2) is 0 Å². The fraction of sp³-hybridized carbons (Fsp3) is 0.882. The van der Waals surface area contributed by atoms with Gasteiger partial charge in [-0.1, -0.05) is 19.3 Å². The molecular weight excluding hydrogens is 278 g/mol. The first-order valence-corrected chi connectivity index (χ1v) is 9.03. The number of carbonyl (C=O) groups is 2. The van der Waals surface area contributed by atoms with Crippen molar-refractivity contribution in [2.75, 3.05) is 19.6 Å². The lowest BCUT2D eigenvalue weighted by atomic mass is 9.84. The second kappa shape index (κ2) is 7.44. The predicted molar refractivity (Wildman–Crippen MR) is 85.3 cm³/mol. The summed E-state index contributed by atoms with van der Waals surface area (Å²) in [5, 5.41) is 6.34. The lowest BCUT2D eigenvalue weighted by Crippen LogP contribution is -2.52. The van der Waals surface area contributed by atoms with Gasteiger partial charge in [0.15, 0.2) is 0 Å². The molecule has 0 aromatic heterocycles. The van der Waals surface area contributed by atoms with Crippen molar-refractivity contribution in [1.82, 2.24) is 15.5 Å². The molecule has 0 bridgehead atoms. The standard InChI is InChI=1S/C17H29N3O2/c21-16(18-14-7-1-2-8-14)12-20-10-4-9-15(11-20)19-17(22)13-5-3-6-13/h13-15H,1-12H2,(H,18,21)(H,19,22). The zero-order valence-electron chi connectivity index (χ0n) is 13.5. The second-order valence-corrected chi connectivity index (χ2v) is 7.26. The molecule has 2 aliphatic carbocycles. The van der Waals surface area contributed by atoms with Gasteiger partial charge in [0.2, 0.25) is 11.8 Å². The van der Waals surface area contributed by atoms with Gasteiger partial charge in [0.05, 0.1) is 6.54 Å². The number of nitrogens with zero attached hydrogens (tertiary/aromatic N) is 1. The Bertz CT molecular complexity index is 403. The van der Waals surface area contributed by atoms with Crippen molar-refractivity contribution in [3.8, 4) is 0 Å². The van der Waals surface area contributed by atoms with Gasteiger partial charge in [-0.15, -0.1) is 0 Å². The highest BCUT2D eigenvalue weighted by Gasteiger charge is 2.29. The summed E-state index contributed by atoms with van der Waals surface area (Å²) in [7, 11) is 0. The van der Waals surface area contributed by atoms with E-state index in [1.54, 1.807) is 0 Å². The van der Waals surface area contributed by atoms with E-state index in [1.165, 1.54) is 19.3 Å². The topological polar surface area (TPSA) is 61.4 Å². The van der Waals surface area contributed by atoms with E-state index in [-0.39, 0.29) is 23.8 Å². The van der Waals surface area contributed by atoms with Crippen LogP contribution in [0.5, 0.6) is 0 Å². The minimum Gasteiger partial charge on any atom is -0.352 e. The van der Waals surface area contributed by atoms with Crippen LogP contribution in [0.4, 0.5) is 0 Å². The molecule has 1 aliphatic heterocycles. The normalized spacial score (nSPS) is 27.4. The van der Waals surface area contributed by atoms with Crippen LogP contribution in [-0.2, 0) is 9.59 Å². The molecule has 3 rings (SSSR count). The molecule has 5 heteroatoms. The molecule has 1 saturated heterocycles. The van der Waals surface area contributed by atoms with E-state index in [0.29, 0.717) is 12.6 Å². The van der Waals surface area contributed by atoms with Crippen LogP contribution in [-0.4, -0.2) is 48.4 Å². The summed E-state index contributed by atoms with van der Waals surface area (Å²) in [5.41, 5.74) is 0. The molecule has 0 spiro atoms. The Hall–Kier alpha value is -1.10.